The molecule has 3 rings (SSSR count). The Balaban J connectivity index is 0.00000133. The van der Waals surface area contributed by atoms with Crippen molar-refractivity contribution in [1.29, 1.82) is 5.41 Å². The highest BCUT2D eigenvalue weighted by Crippen LogP contribution is 2.22. The standard InChI is InChI=1S/C15H12N2S.ClH/c16-15-17(13-9-5-2-6-10-13)14(11-18-15)12-7-3-1-4-8-12;/h1-11,16H;1H. The third-order valence-electron chi connectivity index (χ3n) is 2.81. The highest BCUT2D eigenvalue weighted by atomic mass is 35.5. The molecule has 4 heteroatoms. The van der Waals surface area contributed by atoms with Gasteiger partial charge in [-0.2, -0.15) is 0 Å². The Labute approximate surface area is 121 Å². The first kappa shape index (κ1) is 13.6. The maximum atomic E-state index is 8.06. The van der Waals surface area contributed by atoms with Crippen molar-refractivity contribution < 1.29 is 0 Å². The molecule has 0 radical (unpaired) electrons. The van der Waals surface area contributed by atoms with E-state index in [1.54, 1.807) is 0 Å². The molecule has 0 unspecified atom stereocenters. The van der Waals surface area contributed by atoms with Gasteiger partial charge in [-0.1, -0.05) is 48.5 Å². The van der Waals surface area contributed by atoms with Crippen LogP contribution >= 0.6 is 23.7 Å². The second-order valence-corrected chi connectivity index (χ2v) is 4.82. The molecule has 0 saturated heterocycles. The van der Waals surface area contributed by atoms with Crippen LogP contribution in [0, 0.1) is 5.41 Å². The van der Waals surface area contributed by atoms with E-state index in [0.717, 1.165) is 16.9 Å². The summed E-state index contributed by atoms with van der Waals surface area (Å²) < 4.78 is 1.97. The Bertz CT molecular complexity index is 702. The van der Waals surface area contributed by atoms with Crippen molar-refractivity contribution in [2.24, 2.45) is 0 Å². The fourth-order valence-electron chi connectivity index (χ4n) is 1.97. The van der Waals surface area contributed by atoms with E-state index >= 15 is 0 Å². The van der Waals surface area contributed by atoms with E-state index in [0.29, 0.717) is 4.80 Å². The van der Waals surface area contributed by atoms with Crippen LogP contribution in [0.2, 0.25) is 0 Å². The van der Waals surface area contributed by atoms with E-state index in [1.807, 2.05) is 58.5 Å². The maximum Gasteiger partial charge on any atom is 0.187 e. The lowest BCUT2D eigenvalue weighted by Gasteiger charge is -2.08. The van der Waals surface area contributed by atoms with Crippen molar-refractivity contribution in [3.8, 4) is 16.9 Å². The summed E-state index contributed by atoms with van der Waals surface area (Å²) in [5, 5.41) is 10.1. The highest BCUT2D eigenvalue weighted by Gasteiger charge is 2.07. The van der Waals surface area contributed by atoms with E-state index in [9.17, 15) is 0 Å². The topological polar surface area (TPSA) is 28.8 Å². The molecule has 0 aliphatic rings. The van der Waals surface area contributed by atoms with Crippen molar-refractivity contribution in [1.82, 2.24) is 4.57 Å². The summed E-state index contributed by atoms with van der Waals surface area (Å²) in [5.74, 6) is 0. The van der Waals surface area contributed by atoms with Crippen molar-refractivity contribution in [2.75, 3.05) is 0 Å². The minimum absolute atomic E-state index is 0. The molecule has 1 N–H and O–H groups in total. The van der Waals surface area contributed by atoms with E-state index in [-0.39, 0.29) is 12.4 Å². The molecule has 0 saturated carbocycles. The summed E-state index contributed by atoms with van der Waals surface area (Å²) in [7, 11) is 0. The summed E-state index contributed by atoms with van der Waals surface area (Å²) in [5.41, 5.74) is 3.23. The van der Waals surface area contributed by atoms with Gasteiger partial charge in [0.2, 0.25) is 0 Å². The molecule has 0 spiro atoms. The Morgan fingerprint density at radius 2 is 1.42 bits per heavy atom. The first-order chi connectivity index (χ1) is 8.86. The zero-order valence-corrected chi connectivity index (χ0v) is 11.7. The number of benzene rings is 2. The molecule has 96 valence electrons. The molecule has 0 atom stereocenters. The first-order valence-electron chi connectivity index (χ1n) is 5.72. The zero-order valence-electron chi connectivity index (χ0n) is 10.1. The Morgan fingerprint density at radius 3 is 2.05 bits per heavy atom. The molecule has 1 heterocycles. The van der Waals surface area contributed by atoms with Gasteiger partial charge in [0.1, 0.15) is 0 Å². The van der Waals surface area contributed by atoms with Gasteiger partial charge in [-0.25, -0.2) is 0 Å². The van der Waals surface area contributed by atoms with Gasteiger partial charge in [0.05, 0.1) is 5.69 Å². The smallest absolute Gasteiger partial charge is 0.187 e. The largest absolute Gasteiger partial charge is 0.286 e. The molecule has 0 aliphatic heterocycles. The number of hydrogen-bond donors (Lipinski definition) is 1. The minimum atomic E-state index is 0. The molecular formula is C15H13ClN2S. The molecule has 0 aliphatic carbocycles. The molecule has 0 fully saturated rings. The molecule has 2 aromatic carbocycles. The van der Waals surface area contributed by atoms with E-state index in [2.05, 4.69) is 12.1 Å². The van der Waals surface area contributed by atoms with Crippen LogP contribution in [-0.4, -0.2) is 4.57 Å². The average molecular weight is 289 g/mol. The Morgan fingerprint density at radius 1 is 0.842 bits per heavy atom. The number of halogens is 1. The predicted octanol–water partition coefficient (Wildman–Crippen LogP) is 4.11. The number of hydrogen-bond acceptors (Lipinski definition) is 2. The maximum absolute atomic E-state index is 8.06. The fourth-order valence-corrected chi connectivity index (χ4v) is 2.74. The van der Waals surface area contributed by atoms with Crippen molar-refractivity contribution in [3.05, 3.63) is 70.8 Å². The van der Waals surface area contributed by atoms with Crippen LogP contribution in [0.25, 0.3) is 16.9 Å². The monoisotopic (exact) mass is 288 g/mol. The van der Waals surface area contributed by atoms with Crippen molar-refractivity contribution in [3.63, 3.8) is 0 Å². The Hall–Kier alpha value is -1.84. The van der Waals surface area contributed by atoms with Gasteiger partial charge in [-0.3, -0.25) is 9.98 Å². The van der Waals surface area contributed by atoms with E-state index in [1.165, 1.54) is 11.3 Å². The number of nitrogens with one attached hydrogen (secondary N) is 1. The summed E-state index contributed by atoms with van der Waals surface area (Å²) >= 11 is 1.45. The fraction of sp³-hybridized carbons (Fsp3) is 0. The molecular weight excluding hydrogens is 276 g/mol. The van der Waals surface area contributed by atoms with Gasteiger partial charge in [-0.05, 0) is 17.7 Å². The lowest BCUT2D eigenvalue weighted by atomic mass is 10.1. The van der Waals surface area contributed by atoms with Crippen LogP contribution in [0.15, 0.2) is 66.0 Å². The SMILES string of the molecule is Cl.N=c1scc(-c2ccccc2)n1-c1ccccc1. The Kier molecular flexibility index (Phi) is 4.20. The van der Waals surface area contributed by atoms with E-state index in [4.69, 9.17) is 5.41 Å². The molecule has 2 nitrogen and oxygen atoms in total. The number of thiazole rings is 1. The second-order valence-electron chi connectivity index (χ2n) is 3.96. The lowest BCUT2D eigenvalue weighted by Crippen LogP contribution is -2.11. The summed E-state index contributed by atoms with van der Waals surface area (Å²) in [6.07, 6.45) is 0. The van der Waals surface area contributed by atoms with E-state index < -0.39 is 0 Å². The number of nitrogens with zero attached hydrogens (tertiary/aromatic N) is 1. The molecule has 0 amide bonds. The first-order valence-corrected chi connectivity index (χ1v) is 6.60. The van der Waals surface area contributed by atoms with Crippen LogP contribution in [0.4, 0.5) is 0 Å². The third kappa shape index (κ3) is 2.62. The molecule has 19 heavy (non-hydrogen) atoms. The lowest BCUT2D eigenvalue weighted by molar-refractivity contribution is 0.987. The normalized spacial score (nSPS) is 9.89. The van der Waals surface area contributed by atoms with Gasteiger partial charge in [0.25, 0.3) is 0 Å². The van der Waals surface area contributed by atoms with Gasteiger partial charge in [0, 0.05) is 11.1 Å². The number of para-hydroxylation sites is 1. The summed E-state index contributed by atoms with van der Waals surface area (Å²) in [6.45, 7) is 0. The summed E-state index contributed by atoms with van der Waals surface area (Å²) in [4.78, 5) is 0.542. The molecule has 0 bridgehead atoms. The van der Waals surface area contributed by atoms with Gasteiger partial charge in [-0.15, -0.1) is 23.7 Å². The molecule has 3 aromatic rings. The van der Waals surface area contributed by atoms with Crippen molar-refractivity contribution in [2.45, 2.75) is 0 Å². The zero-order chi connectivity index (χ0) is 12.4. The quantitative estimate of drug-likeness (QED) is 0.735. The van der Waals surface area contributed by atoms with Crippen molar-refractivity contribution >= 4 is 23.7 Å². The van der Waals surface area contributed by atoms with Gasteiger partial charge < -0.3 is 0 Å². The third-order valence-corrected chi connectivity index (χ3v) is 3.56. The number of rotatable bonds is 2. The van der Waals surface area contributed by atoms with Crippen LogP contribution in [0.5, 0.6) is 0 Å². The van der Waals surface area contributed by atoms with Gasteiger partial charge >= 0.3 is 0 Å². The molecule has 1 aromatic heterocycles. The van der Waals surface area contributed by atoms with Crippen LogP contribution in [0.3, 0.4) is 0 Å². The minimum Gasteiger partial charge on any atom is -0.286 e. The van der Waals surface area contributed by atoms with Crippen LogP contribution < -0.4 is 4.80 Å². The highest BCUT2D eigenvalue weighted by molar-refractivity contribution is 7.07. The summed E-state index contributed by atoms with van der Waals surface area (Å²) in [6, 6.07) is 20.2. The van der Waals surface area contributed by atoms with Crippen LogP contribution in [-0.2, 0) is 0 Å². The second kappa shape index (κ2) is 5.87. The van der Waals surface area contributed by atoms with Crippen LogP contribution in [0.1, 0.15) is 0 Å². The average Bonchev–Trinajstić information content (AvgIpc) is 2.83. The predicted molar refractivity (Wildman–Crippen MR) is 82.2 cm³/mol. The van der Waals surface area contributed by atoms with Gasteiger partial charge in [0.15, 0.2) is 4.80 Å². The number of aromatic nitrogens is 1.